The van der Waals surface area contributed by atoms with Crippen molar-refractivity contribution in [3.63, 3.8) is 0 Å². The van der Waals surface area contributed by atoms with Gasteiger partial charge in [0.1, 0.15) is 17.0 Å². The summed E-state index contributed by atoms with van der Waals surface area (Å²) in [6.45, 7) is 3.54. The first kappa shape index (κ1) is 22.8. The highest BCUT2D eigenvalue weighted by Crippen LogP contribution is 2.27. The van der Waals surface area contributed by atoms with Crippen LogP contribution in [-0.2, 0) is 11.3 Å². The van der Waals surface area contributed by atoms with Crippen molar-refractivity contribution in [2.45, 2.75) is 24.7 Å². The van der Waals surface area contributed by atoms with Gasteiger partial charge < -0.3 is 10.1 Å². The van der Waals surface area contributed by atoms with E-state index in [1.54, 1.807) is 24.3 Å². The molecule has 0 unspecified atom stereocenters. The number of anilines is 1. The van der Waals surface area contributed by atoms with Crippen LogP contribution >= 0.6 is 23.1 Å². The van der Waals surface area contributed by atoms with Crippen LogP contribution in [0.4, 0.5) is 5.69 Å². The molecule has 1 N–H and O–H groups in total. The smallest absolute Gasteiger partial charge is 0.337 e. The molecule has 0 aliphatic carbocycles. The summed E-state index contributed by atoms with van der Waals surface area (Å²) < 4.78 is 8.56. The fourth-order valence-corrected chi connectivity index (χ4v) is 4.97. The number of fused-ring (bicyclic) bond motifs is 1. The second-order valence-corrected chi connectivity index (χ2v) is 9.44. The SMILES string of the molecule is COc1ccccc1-n1c(=O)c2sc(SC)nc2n(CC(=O)Nc2cc(C)ccc2C)c1=O. The van der Waals surface area contributed by atoms with E-state index < -0.39 is 17.2 Å². The summed E-state index contributed by atoms with van der Waals surface area (Å²) in [5, 5.41) is 2.87. The first-order chi connectivity index (χ1) is 15.8. The molecule has 2 heterocycles. The van der Waals surface area contributed by atoms with E-state index in [0.717, 1.165) is 15.7 Å². The lowest BCUT2D eigenvalue weighted by molar-refractivity contribution is -0.116. The van der Waals surface area contributed by atoms with Gasteiger partial charge in [-0.25, -0.2) is 14.3 Å². The van der Waals surface area contributed by atoms with E-state index in [1.165, 1.54) is 34.8 Å². The van der Waals surface area contributed by atoms with Gasteiger partial charge in [0.15, 0.2) is 9.99 Å². The Balaban J connectivity index is 1.87. The van der Waals surface area contributed by atoms with E-state index in [9.17, 15) is 14.4 Å². The average molecular weight is 483 g/mol. The number of nitrogens with one attached hydrogen (secondary N) is 1. The first-order valence-electron chi connectivity index (χ1n) is 10.0. The molecular weight excluding hydrogens is 460 g/mol. The van der Waals surface area contributed by atoms with Crippen molar-refractivity contribution in [1.29, 1.82) is 0 Å². The summed E-state index contributed by atoms with van der Waals surface area (Å²) in [5.74, 6) is -0.0203. The Bertz CT molecular complexity index is 1490. The molecule has 1 amide bonds. The lowest BCUT2D eigenvalue weighted by Crippen LogP contribution is -2.40. The molecule has 0 saturated carbocycles. The Kier molecular flexibility index (Phi) is 6.39. The number of nitrogens with zero attached hydrogens (tertiary/aromatic N) is 3. The minimum absolute atomic E-state index is 0.196. The van der Waals surface area contributed by atoms with E-state index in [0.29, 0.717) is 26.2 Å². The number of thiazole rings is 1. The predicted octanol–water partition coefficient (Wildman–Crippen LogP) is 3.59. The number of carbonyl (C=O) groups excluding carboxylic acids is 1. The Morgan fingerprint density at radius 3 is 2.67 bits per heavy atom. The zero-order valence-corrected chi connectivity index (χ0v) is 20.2. The predicted molar refractivity (Wildman–Crippen MR) is 132 cm³/mol. The van der Waals surface area contributed by atoms with Crippen LogP contribution in [0.2, 0.25) is 0 Å². The monoisotopic (exact) mass is 482 g/mol. The number of aryl methyl sites for hydroxylation is 2. The van der Waals surface area contributed by atoms with Crippen molar-refractivity contribution in [2.75, 3.05) is 18.7 Å². The van der Waals surface area contributed by atoms with Crippen molar-refractivity contribution < 1.29 is 9.53 Å². The summed E-state index contributed by atoms with van der Waals surface area (Å²) in [6.07, 6.45) is 1.84. The lowest BCUT2D eigenvalue weighted by Gasteiger charge is -2.14. The molecule has 0 saturated heterocycles. The van der Waals surface area contributed by atoms with Crippen molar-refractivity contribution in [3.05, 3.63) is 74.4 Å². The maximum absolute atomic E-state index is 13.5. The second-order valence-electron chi connectivity index (χ2n) is 7.38. The number of para-hydroxylation sites is 2. The minimum atomic E-state index is -0.661. The van der Waals surface area contributed by atoms with Crippen LogP contribution in [0.1, 0.15) is 11.1 Å². The Morgan fingerprint density at radius 1 is 1.18 bits per heavy atom. The highest BCUT2D eigenvalue weighted by atomic mass is 32.2. The first-order valence-corrected chi connectivity index (χ1v) is 12.1. The maximum Gasteiger partial charge on any atom is 0.337 e. The largest absolute Gasteiger partial charge is 0.495 e. The molecule has 8 nitrogen and oxygen atoms in total. The fraction of sp³-hybridized carbons (Fsp3) is 0.217. The van der Waals surface area contributed by atoms with Crippen molar-refractivity contribution in [2.24, 2.45) is 0 Å². The highest BCUT2D eigenvalue weighted by molar-refractivity contribution is 8.00. The number of amides is 1. The van der Waals surface area contributed by atoms with Gasteiger partial charge in [-0.3, -0.25) is 14.2 Å². The quantitative estimate of drug-likeness (QED) is 0.422. The summed E-state index contributed by atoms with van der Waals surface area (Å²) in [6, 6.07) is 12.5. The molecule has 0 bridgehead atoms. The molecule has 170 valence electrons. The van der Waals surface area contributed by atoms with Gasteiger partial charge in [-0.1, -0.05) is 36.0 Å². The van der Waals surface area contributed by atoms with Crippen LogP contribution in [0, 0.1) is 13.8 Å². The molecule has 33 heavy (non-hydrogen) atoms. The van der Waals surface area contributed by atoms with Gasteiger partial charge in [-0.15, -0.1) is 11.3 Å². The maximum atomic E-state index is 13.5. The zero-order valence-electron chi connectivity index (χ0n) is 18.5. The summed E-state index contributed by atoms with van der Waals surface area (Å²) in [4.78, 5) is 44.2. The van der Waals surface area contributed by atoms with E-state index >= 15 is 0 Å². The highest BCUT2D eigenvalue weighted by Gasteiger charge is 2.22. The Hall–Kier alpha value is -3.37. The minimum Gasteiger partial charge on any atom is -0.495 e. The molecule has 0 atom stereocenters. The molecule has 2 aromatic carbocycles. The van der Waals surface area contributed by atoms with E-state index in [-0.39, 0.29) is 12.2 Å². The number of thioether (sulfide) groups is 1. The molecule has 10 heteroatoms. The summed E-state index contributed by atoms with van der Waals surface area (Å²) >= 11 is 2.56. The zero-order chi connectivity index (χ0) is 23.7. The van der Waals surface area contributed by atoms with Crippen LogP contribution in [0.5, 0.6) is 5.75 Å². The third kappa shape index (κ3) is 4.31. The number of ether oxygens (including phenoxy) is 1. The van der Waals surface area contributed by atoms with E-state index in [2.05, 4.69) is 10.3 Å². The molecule has 0 aliphatic rings. The second kappa shape index (κ2) is 9.24. The molecule has 2 aromatic heterocycles. The fourth-order valence-electron chi connectivity index (χ4n) is 3.48. The summed E-state index contributed by atoms with van der Waals surface area (Å²) in [5.41, 5.74) is 1.93. The Morgan fingerprint density at radius 2 is 1.94 bits per heavy atom. The van der Waals surface area contributed by atoms with Gasteiger partial charge in [0.05, 0.1) is 12.8 Å². The van der Waals surface area contributed by atoms with Gasteiger partial charge in [-0.2, -0.15) is 0 Å². The van der Waals surface area contributed by atoms with Crippen LogP contribution < -0.4 is 21.3 Å². The number of carbonyl (C=O) groups is 1. The number of hydrogen-bond acceptors (Lipinski definition) is 7. The standard InChI is InChI=1S/C23H22N4O4S2/c1-13-9-10-14(2)15(11-13)24-18(28)12-26-20-19(33-22(25-20)32-4)21(29)27(23(26)30)16-7-5-6-8-17(16)31-3/h5-11H,12H2,1-4H3,(H,24,28). The normalized spacial score (nSPS) is 11.0. The Labute approximate surface area is 197 Å². The number of methoxy groups -OCH3 is 1. The van der Waals surface area contributed by atoms with Crippen LogP contribution in [0.3, 0.4) is 0 Å². The number of aromatic nitrogens is 3. The molecular formula is C23H22N4O4S2. The molecule has 4 rings (SSSR count). The van der Waals surface area contributed by atoms with Gasteiger partial charge in [-0.05, 0) is 49.4 Å². The van der Waals surface area contributed by atoms with Gasteiger partial charge in [0.2, 0.25) is 5.91 Å². The van der Waals surface area contributed by atoms with Gasteiger partial charge in [0, 0.05) is 5.69 Å². The number of benzene rings is 2. The third-order valence-electron chi connectivity index (χ3n) is 5.13. The van der Waals surface area contributed by atoms with Gasteiger partial charge >= 0.3 is 5.69 Å². The third-order valence-corrected chi connectivity index (χ3v) is 7.15. The van der Waals surface area contributed by atoms with Crippen molar-refractivity contribution in [3.8, 4) is 11.4 Å². The molecule has 0 aliphatic heterocycles. The van der Waals surface area contributed by atoms with Crippen molar-refractivity contribution >= 4 is 45.0 Å². The molecule has 0 radical (unpaired) electrons. The van der Waals surface area contributed by atoms with E-state index in [4.69, 9.17) is 4.74 Å². The lowest BCUT2D eigenvalue weighted by atomic mass is 10.1. The number of hydrogen-bond donors (Lipinski definition) is 1. The van der Waals surface area contributed by atoms with E-state index in [1.807, 2.05) is 38.3 Å². The van der Waals surface area contributed by atoms with Crippen LogP contribution in [-0.4, -0.2) is 33.4 Å². The molecule has 0 spiro atoms. The van der Waals surface area contributed by atoms with Gasteiger partial charge in [0.25, 0.3) is 5.56 Å². The average Bonchev–Trinajstić information content (AvgIpc) is 3.24. The van der Waals surface area contributed by atoms with Crippen LogP contribution in [0.25, 0.3) is 16.0 Å². The topological polar surface area (TPSA) is 95.2 Å². The molecule has 0 fully saturated rings. The van der Waals surface area contributed by atoms with Crippen LogP contribution in [0.15, 0.2) is 56.4 Å². The van der Waals surface area contributed by atoms with Crippen molar-refractivity contribution in [1.82, 2.24) is 14.1 Å². The number of rotatable bonds is 6. The molecule has 4 aromatic rings. The summed E-state index contributed by atoms with van der Waals surface area (Å²) in [7, 11) is 1.47.